The van der Waals surface area contributed by atoms with Crippen LogP contribution in [0, 0.1) is 0 Å². The van der Waals surface area contributed by atoms with Gasteiger partial charge in [0.25, 0.3) is 0 Å². The maximum atomic E-state index is 6.47. The van der Waals surface area contributed by atoms with E-state index in [1.54, 1.807) is 0 Å². The third-order valence-corrected chi connectivity index (χ3v) is 10.1. The molecule has 53 heavy (non-hydrogen) atoms. The lowest BCUT2D eigenvalue weighted by atomic mass is 9.91. The van der Waals surface area contributed by atoms with Gasteiger partial charge < -0.3 is 9.73 Å². The largest absolute Gasteiger partial charge is 0.456 e. The molecule has 0 spiro atoms. The molecule has 250 valence electrons. The minimum Gasteiger partial charge on any atom is -0.456 e. The predicted molar refractivity (Wildman–Crippen MR) is 219 cm³/mol. The van der Waals surface area contributed by atoms with Gasteiger partial charge in [-0.3, -0.25) is 0 Å². The first-order valence-electron chi connectivity index (χ1n) is 17.9. The van der Waals surface area contributed by atoms with Crippen molar-refractivity contribution in [3.8, 4) is 33.4 Å². The monoisotopic (exact) mass is 679 g/mol. The molecule has 0 saturated carbocycles. The van der Waals surface area contributed by atoms with Gasteiger partial charge in [-0.1, -0.05) is 158 Å². The fraction of sp³-hybridized carbons (Fsp3) is 0.0204. The predicted octanol–water partition coefficient (Wildman–Crippen LogP) is 12.2. The first-order valence-corrected chi connectivity index (χ1v) is 17.9. The smallest absolute Gasteiger partial charge is 0.171 e. The van der Waals surface area contributed by atoms with Gasteiger partial charge in [0.2, 0.25) is 0 Å². The molecule has 1 atom stereocenters. The van der Waals surface area contributed by atoms with Gasteiger partial charge in [-0.25, -0.2) is 9.98 Å². The third kappa shape index (κ3) is 5.67. The molecule has 8 aromatic carbocycles. The molecule has 4 heteroatoms. The summed E-state index contributed by atoms with van der Waals surface area (Å²) in [6.07, 6.45) is -0.558. The Morgan fingerprint density at radius 2 is 0.943 bits per heavy atom. The van der Waals surface area contributed by atoms with Crippen molar-refractivity contribution >= 4 is 44.4 Å². The zero-order valence-corrected chi connectivity index (χ0v) is 28.8. The third-order valence-electron chi connectivity index (χ3n) is 10.1. The van der Waals surface area contributed by atoms with Gasteiger partial charge in [0.15, 0.2) is 6.17 Å². The Labute approximate surface area is 307 Å². The summed E-state index contributed by atoms with van der Waals surface area (Å²) in [6.45, 7) is 0. The molecule has 10 rings (SSSR count). The van der Waals surface area contributed by atoms with Gasteiger partial charge in [-0.05, 0) is 74.5 Å². The number of furan rings is 1. The highest BCUT2D eigenvalue weighted by Crippen LogP contribution is 2.43. The number of rotatable bonds is 6. The summed E-state index contributed by atoms with van der Waals surface area (Å²) in [5, 5.41) is 8.03. The van der Waals surface area contributed by atoms with E-state index in [0.717, 1.165) is 72.4 Å². The van der Waals surface area contributed by atoms with Crippen LogP contribution in [0.5, 0.6) is 0 Å². The molecule has 1 aliphatic rings. The summed E-state index contributed by atoms with van der Waals surface area (Å²) in [7, 11) is 0. The highest BCUT2D eigenvalue weighted by molar-refractivity contribution is 6.17. The Balaban J connectivity index is 1.17. The van der Waals surface area contributed by atoms with Crippen LogP contribution >= 0.6 is 0 Å². The van der Waals surface area contributed by atoms with Crippen molar-refractivity contribution in [3.05, 3.63) is 205 Å². The number of benzene rings is 8. The lowest BCUT2D eigenvalue weighted by Crippen LogP contribution is -2.36. The highest BCUT2D eigenvalue weighted by atomic mass is 16.3. The van der Waals surface area contributed by atoms with Crippen LogP contribution in [0.15, 0.2) is 202 Å². The van der Waals surface area contributed by atoms with E-state index in [9.17, 15) is 0 Å². The van der Waals surface area contributed by atoms with Crippen molar-refractivity contribution in [2.24, 2.45) is 9.98 Å². The van der Waals surface area contributed by atoms with E-state index in [1.165, 1.54) is 22.1 Å². The standard InChI is InChI=1S/C49H33N3O/c1-4-13-32(14-5-1)35-19-12-20-39(30-35)41-27-28-44-45(42-21-10-11-22-43(42)53-44)46(41)49-51-47(34-17-8-3-9-18-34)50-48(52-49)40-26-25-37-29-36(23-24-38(37)31-40)33-15-6-2-7-16-33/h1-31,49H,(H,50,51,52). The summed E-state index contributed by atoms with van der Waals surface area (Å²) in [5.74, 6) is 1.54. The minimum absolute atomic E-state index is 0.558. The van der Waals surface area contributed by atoms with E-state index >= 15 is 0 Å². The fourth-order valence-electron chi connectivity index (χ4n) is 7.53. The molecule has 9 aromatic rings. The first kappa shape index (κ1) is 30.8. The second kappa shape index (κ2) is 12.9. The number of nitrogens with one attached hydrogen (secondary N) is 1. The van der Waals surface area contributed by atoms with Crippen LogP contribution in [0.3, 0.4) is 0 Å². The average molecular weight is 680 g/mol. The second-order valence-electron chi connectivity index (χ2n) is 13.4. The molecule has 1 aliphatic heterocycles. The maximum absolute atomic E-state index is 6.47. The molecule has 0 aliphatic carbocycles. The summed E-state index contributed by atoms with van der Waals surface area (Å²) >= 11 is 0. The Kier molecular flexibility index (Phi) is 7.51. The quantitative estimate of drug-likeness (QED) is 0.190. The van der Waals surface area contributed by atoms with Crippen LogP contribution in [-0.4, -0.2) is 11.7 Å². The molecule has 0 bridgehead atoms. The van der Waals surface area contributed by atoms with Crippen molar-refractivity contribution in [2.75, 3.05) is 0 Å². The molecule has 0 radical (unpaired) electrons. The molecular weight excluding hydrogens is 647 g/mol. The number of hydrogen-bond donors (Lipinski definition) is 1. The molecule has 0 fully saturated rings. The maximum Gasteiger partial charge on any atom is 0.171 e. The van der Waals surface area contributed by atoms with Crippen molar-refractivity contribution in [2.45, 2.75) is 6.17 Å². The average Bonchev–Trinajstić information content (AvgIpc) is 3.63. The van der Waals surface area contributed by atoms with Gasteiger partial charge in [-0.2, -0.15) is 0 Å². The number of nitrogens with zero attached hydrogens (tertiary/aromatic N) is 2. The number of amidine groups is 2. The molecular formula is C49H33N3O. The van der Waals surface area contributed by atoms with E-state index in [0.29, 0.717) is 0 Å². The Bertz CT molecular complexity index is 2850. The van der Waals surface area contributed by atoms with E-state index < -0.39 is 6.17 Å². The number of hydrogen-bond acceptors (Lipinski definition) is 4. The van der Waals surface area contributed by atoms with E-state index in [2.05, 4.69) is 163 Å². The van der Waals surface area contributed by atoms with Crippen LogP contribution in [0.4, 0.5) is 0 Å². The molecule has 4 nitrogen and oxygen atoms in total. The molecule has 1 unspecified atom stereocenters. The van der Waals surface area contributed by atoms with E-state index in [-0.39, 0.29) is 0 Å². The van der Waals surface area contributed by atoms with Gasteiger partial charge >= 0.3 is 0 Å². The van der Waals surface area contributed by atoms with Crippen molar-refractivity contribution in [1.82, 2.24) is 5.32 Å². The number of fused-ring (bicyclic) bond motifs is 4. The minimum atomic E-state index is -0.558. The molecule has 1 N–H and O–H groups in total. The van der Waals surface area contributed by atoms with Gasteiger partial charge in [0, 0.05) is 27.5 Å². The molecule has 2 heterocycles. The van der Waals surface area contributed by atoms with Crippen LogP contribution in [-0.2, 0) is 0 Å². The number of para-hydroxylation sites is 1. The van der Waals surface area contributed by atoms with Gasteiger partial charge in [-0.15, -0.1) is 0 Å². The van der Waals surface area contributed by atoms with E-state index in [4.69, 9.17) is 14.4 Å². The first-order chi connectivity index (χ1) is 26.2. The molecule has 0 saturated heterocycles. The zero-order chi connectivity index (χ0) is 35.1. The summed E-state index contributed by atoms with van der Waals surface area (Å²) in [4.78, 5) is 10.8. The van der Waals surface area contributed by atoms with Crippen molar-refractivity contribution < 1.29 is 4.42 Å². The zero-order valence-electron chi connectivity index (χ0n) is 28.8. The summed E-state index contributed by atoms with van der Waals surface area (Å²) < 4.78 is 6.47. The lowest BCUT2D eigenvalue weighted by molar-refractivity contribution is 0.667. The van der Waals surface area contributed by atoms with Gasteiger partial charge in [0.05, 0.1) is 0 Å². The lowest BCUT2D eigenvalue weighted by Gasteiger charge is -2.24. The van der Waals surface area contributed by atoms with Crippen LogP contribution in [0.25, 0.3) is 66.1 Å². The summed E-state index contributed by atoms with van der Waals surface area (Å²) in [5.41, 5.74) is 11.6. The topological polar surface area (TPSA) is 49.9 Å². The Morgan fingerprint density at radius 3 is 1.66 bits per heavy atom. The SMILES string of the molecule is c1ccc(C2=NC(c3c(-c4cccc(-c5ccccc5)c4)ccc4oc5ccccc5c34)N=C(c3ccc4cc(-c5ccccc5)ccc4c3)N2)cc1. The molecule has 0 amide bonds. The summed E-state index contributed by atoms with van der Waals surface area (Å²) in [6, 6.07) is 65.8. The second-order valence-corrected chi connectivity index (χ2v) is 13.4. The Morgan fingerprint density at radius 1 is 0.396 bits per heavy atom. The van der Waals surface area contributed by atoms with Crippen LogP contribution in [0.2, 0.25) is 0 Å². The normalized spacial score (nSPS) is 14.2. The van der Waals surface area contributed by atoms with Crippen LogP contribution in [0.1, 0.15) is 22.9 Å². The number of aliphatic imine (C=N–C) groups is 2. The Hall–Kier alpha value is -7.04. The van der Waals surface area contributed by atoms with Crippen molar-refractivity contribution in [1.29, 1.82) is 0 Å². The highest BCUT2D eigenvalue weighted by Gasteiger charge is 2.27. The van der Waals surface area contributed by atoms with E-state index in [1.807, 2.05) is 30.3 Å². The van der Waals surface area contributed by atoms with Crippen molar-refractivity contribution in [3.63, 3.8) is 0 Å². The van der Waals surface area contributed by atoms with Gasteiger partial charge in [0.1, 0.15) is 22.8 Å². The molecule has 1 aromatic heterocycles. The van der Waals surface area contributed by atoms with Crippen LogP contribution < -0.4 is 5.32 Å². The fourth-order valence-corrected chi connectivity index (χ4v) is 7.53.